The van der Waals surface area contributed by atoms with Crippen LogP contribution in [0.2, 0.25) is 0 Å². The number of aromatic nitrogens is 3. The molecule has 0 saturated heterocycles. The summed E-state index contributed by atoms with van der Waals surface area (Å²) in [5, 5.41) is 2.87. The topological polar surface area (TPSA) is 57.0 Å². The summed E-state index contributed by atoms with van der Waals surface area (Å²) < 4.78 is 1.59. The number of nitrogens with one attached hydrogen (secondary N) is 1. The Labute approximate surface area is 83.3 Å². The van der Waals surface area contributed by atoms with Gasteiger partial charge in [0, 0.05) is 27.9 Å². The highest BCUT2D eigenvalue weighted by Gasteiger charge is 2.16. The summed E-state index contributed by atoms with van der Waals surface area (Å²) >= 11 is 0. The van der Waals surface area contributed by atoms with Gasteiger partial charge in [0.1, 0.15) is 0 Å². The zero-order chi connectivity index (χ0) is 10.7. The molecular weight excluding hydrogens is 180 g/mol. The van der Waals surface area contributed by atoms with Gasteiger partial charge < -0.3 is 10.2 Å². The minimum atomic E-state index is 0.535. The summed E-state index contributed by atoms with van der Waals surface area (Å²) in [6, 6.07) is 0. The standard InChI is InChI=1S/C8H15N6/c1-9-6-10-7(13(2)3)12-8(11-6)14(4)5/h2H2,1,3-5H3,(H,9,10,11,12)/q+1. The molecule has 1 N–H and O–H groups in total. The summed E-state index contributed by atoms with van der Waals surface area (Å²) in [4.78, 5) is 14.3. The van der Waals surface area contributed by atoms with Crippen molar-refractivity contribution >= 4 is 24.6 Å². The smallest absolute Gasteiger partial charge is 0.343 e. The van der Waals surface area contributed by atoms with Gasteiger partial charge in [0.2, 0.25) is 0 Å². The molecule has 0 aliphatic carbocycles. The third kappa shape index (κ3) is 2.15. The molecule has 0 aromatic carbocycles. The van der Waals surface area contributed by atoms with E-state index in [4.69, 9.17) is 0 Å². The Kier molecular flexibility index (Phi) is 2.95. The van der Waals surface area contributed by atoms with E-state index < -0.39 is 0 Å². The highest BCUT2D eigenvalue weighted by Crippen LogP contribution is 2.11. The van der Waals surface area contributed by atoms with Crippen molar-refractivity contribution in [2.75, 3.05) is 38.4 Å². The summed E-state index contributed by atoms with van der Waals surface area (Å²) in [6.07, 6.45) is 0. The van der Waals surface area contributed by atoms with Crippen LogP contribution in [0.3, 0.4) is 0 Å². The highest BCUT2D eigenvalue weighted by atomic mass is 15.3. The molecule has 6 heteroatoms. The molecule has 0 spiro atoms. The monoisotopic (exact) mass is 195 g/mol. The number of hydrogen-bond donors (Lipinski definition) is 1. The SMILES string of the molecule is C=[N+](C)c1nc(NC)nc(N(C)C)n1. The van der Waals surface area contributed by atoms with Crippen LogP contribution in [0.4, 0.5) is 17.8 Å². The lowest BCUT2D eigenvalue weighted by atomic mass is 10.7. The van der Waals surface area contributed by atoms with E-state index in [1.165, 1.54) is 0 Å². The zero-order valence-electron chi connectivity index (χ0n) is 8.94. The second kappa shape index (κ2) is 3.99. The molecule has 1 rings (SSSR count). The first-order valence-corrected chi connectivity index (χ1v) is 4.20. The van der Waals surface area contributed by atoms with Crippen molar-refractivity contribution in [1.29, 1.82) is 0 Å². The van der Waals surface area contributed by atoms with Crippen molar-refractivity contribution < 1.29 is 4.58 Å². The van der Waals surface area contributed by atoms with Crippen LogP contribution in [0.5, 0.6) is 0 Å². The van der Waals surface area contributed by atoms with Crippen LogP contribution >= 0.6 is 0 Å². The second-order valence-electron chi connectivity index (χ2n) is 3.10. The lowest BCUT2D eigenvalue weighted by molar-refractivity contribution is -0.403. The number of anilines is 2. The van der Waals surface area contributed by atoms with Gasteiger partial charge in [-0.3, -0.25) is 0 Å². The first-order chi connectivity index (χ1) is 6.54. The molecule has 0 fully saturated rings. The van der Waals surface area contributed by atoms with E-state index in [2.05, 4.69) is 27.0 Å². The van der Waals surface area contributed by atoms with E-state index in [-0.39, 0.29) is 0 Å². The van der Waals surface area contributed by atoms with Gasteiger partial charge in [0.05, 0.1) is 7.05 Å². The number of hydrogen-bond acceptors (Lipinski definition) is 5. The van der Waals surface area contributed by atoms with Crippen LogP contribution in [-0.2, 0) is 0 Å². The molecule has 1 aromatic rings. The second-order valence-corrected chi connectivity index (χ2v) is 3.10. The van der Waals surface area contributed by atoms with Gasteiger partial charge in [-0.1, -0.05) is 0 Å². The van der Waals surface area contributed by atoms with Gasteiger partial charge in [0.25, 0.3) is 0 Å². The molecule has 14 heavy (non-hydrogen) atoms. The van der Waals surface area contributed by atoms with Gasteiger partial charge in [-0.05, 0) is 9.97 Å². The lowest BCUT2D eigenvalue weighted by Gasteiger charge is -2.06. The molecule has 1 aromatic heterocycles. The summed E-state index contributed by atoms with van der Waals surface area (Å²) in [7, 11) is 7.30. The fourth-order valence-corrected chi connectivity index (χ4v) is 0.836. The lowest BCUT2D eigenvalue weighted by Crippen LogP contribution is -2.16. The van der Waals surface area contributed by atoms with Gasteiger partial charge >= 0.3 is 17.8 Å². The quantitative estimate of drug-likeness (QED) is 0.541. The van der Waals surface area contributed by atoms with E-state index in [0.717, 1.165) is 0 Å². The van der Waals surface area contributed by atoms with Gasteiger partial charge in [-0.25, -0.2) is 4.58 Å². The molecule has 0 aliphatic heterocycles. The molecule has 0 saturated carbocycles. The van der Waals surface area contributed by atoms with Gasteiger partial charge in [0.15, 0.2) is 0 Å². The van der Waals surface area contributed by atoms with E-state index in [1.807, 2.05) is 19.0 Å². The van der Waals surface area contributed by atoms with Gasteiger partial charge in [-0.2, -0.15) is 0 Å². The Morgan fingerprint density at radius 1 is 1.29 bits per heavy atom. The predicted octanol–water partition coefficient (Wildman–Crippen LogP) is -0.0463. The van der Waals surface area contributed by atoms with Crippen molar-refractivity contribution in [3.63, 3.8) is 0 Å². The van der Waals surface area contributed by atoms with Gasteiger partial charge in [-0.15, -0.1) is 4.98 Å². The number of nitrogens with zero attached hydrogens (tertiary/aromatic N) is 5. The van der Waals surface area contributed by atoms with Crippen LogP contribution in [0.15, 0.2) is 0 Å². The first kappa shape index (κ1) is 10.4. The third-order valence-corrected chi connectivity index (χ3v) is 1.58. The van der Waals surface area contributed by atoms with Crippen LogP contribution < -0.4 is 10.2 Å². The predicted molar refractivity (Wildman–Crippen MR) is 56.7 cm³/mol. The highest BCUT2D eigenvalue weighted by molar-refractivity contribution is 5.38. The fraction of sp³-hybridized carbons (Fsp3) is 0.500. The van der Waals surface area contributed by atoms with Crippen LogP contribution in [0.1, 0.15) is 0 Å². The molecule has 76 valence electrons. The van der Waals surface area contributed by atoms with Crippen molar-refractivity contribution in [3.05, 3.63) is 0 Å². The minimum absolute atomic E-state index is 0.535. The van der Waals surface area contributed by atoms with E-state index in [9.17, 15) is 0 Å². The molecule has 6 nitrogen and oxygen atoms in total. The van der Waals surface area contributed by atoms with Crippen molar-refractivity contribution in [2.24, 2.45) is 0 Å². The summed E-state index contributed by atoms with van der Waals surface area (Å²) in [5.41, 5.74) is 0. The molecule has 0 amide bonds. The molecule has 1 heterocycles. The van der Waals surface area contributed by atoms with Crippen molar-refractivity contribution in [2.45, 2.75) is 0 Å². The Morgan fingerprint density at radius 2 is 1.93 bits per heavy atom. The van der Waals surface area contributed by atoms with Crippen LogP contribution in [-0.4, -0.2) is 54.4 Å². The summed E-state index contributed by atoms with van der Waals surface area (Å²) in [6.45, 7) is 3.72. The van der Waals surface area contributed by atoms with E-state index >= 15 is 0 Å². The number of rotatable bonds is 3. The zero-order valence-corrected chi connectivity index (χ0v) is 8.94. The minimum Gasteiger partial charge on any atom is -0.343 e. The maximum Gasteiger partial charge on any atom is 0.439 e. The van der Waals surface area contributed by atoms with E-state index in [0.29, 0.717) is 17.8 Å². The Morgan fingerprint density at radius 3 is 2.36 bits per heavy atom. The van der Waals surface area contributed by atoms with Crippen molar-refractivity contribution in [1.82, 2.24) is 15.0 Å². The molecule has 0 atom stereocenters. The normalized spacial score (nSPS) is 9.71. The molecular formula is C8H15N6+. The average molecular weight is 195 g/mol. The summed E-state index contributed by atoms with van der Waals surface area (Å²) in [5.74, 6) is 1.68. The molecule has 0 unspecified atom stereocenters. The fourth-order valence-electron chi connectivity index (χ4n) is 0.836. The first-order valence-electron chi connectivity index (χ1n) is 4.20. The maximum absolute atomic E-state index is 4.21. The van der Waals surface area contributed by atoms with Crippen molar-refractivity contribution in [3.8, 4) is 0 Å². The third-order valence-electron chi connectivity index (χ3n) is 1.58. The Bertz CT molecular complexity index is 346. The van der Waals surface area contributed by atoms with Crippen LogP contribution in [0.25, 0.3) is 0 Å². The maximum atomic E-state index is 4.21. The molecule has 0 radical (unpaired) electrons. The Balaban J connectivity index is 3.20. The average Bonchev–Trinajstić information content (AvgIpc) is 2.16. The van der Waals surface area contributed by atoms with Crippen LogP contribution in [0, 0.1) is 0 Å². The molecule has 0 bridgehead atoms. The Hall–Kier alpha value is -1.72. The largest absolute Gasteiger partial charge is 0.439 e. The molecule has 0 aliphatic rings. The van der Waals surface area contributed by atoms with E-state index in [1.54, 1.807) is 18.7 Å².